The molecule has 0 saturated heterocycles. The van der Waals surface area contributed by atoms with E-state index in [9.17, 15) is 24.0 Å². The number of carbonyl (C=O) groups is 4. The zero-order chi connectivity index (χ0) is 22.6. The SMILES string of the molecule is CCOC(=O)c1c(NC(=O)COC(=O)c2c(C)cc(=O)oc2C)sc(C(C)=O)c1C. The van der Waals surface area contributed by atoms with Gasteiger partial charge in [0.2, 0.25) is 0 Å². The van der Waals surface area contributed by atoms with Gasteiger partial charge in [0.15, 0.2) is 12.4 Å². The van der Waals surface area contributed by atoms with Crippen molar-refractivity contribution >= 4 is 40.0 Å². The van der Waals surface area contributed by atoms with Crippen LogP contribution in [0.2, 0.25) is 0 Å². The molecule has 1 N–H and O–H groups in total. The van der Waals surface area contributed by atoms with Crippen molar-refractivity contribution in [1.29, 1.82) is 0 Å². The van der Waals surface area contributed by atoms with Gasteiger partial charge in [-0.2, -0.15) is 0 Å². The van der Waals surface area contributed by atoms with Crippen molar-refractivity contribution in [2.45, 2.75) is 34.6 Å². The molecule has 0 atom stereocenters. The maximum absolute atomic E-state index is 12.3. The molecule has 0 aliphatic carbocycles. The number of thiophene rings is 1. The Kier molecular flexibility index (Phi) is 7.28. The van der Waals surface area contributed by atoms with Crippen LogP contribution in [-0.4, -0.2) is 36.8 Å². The molecule has 0 bridgehead atoms. The zero-order valence-corrected chi connectivity index (χ0v) is 18.0. The van der Waals surface area contributed by atoms with Crippen LogP contribution in [0.15, 0.2) is 15.3 Å². The van der Waals surface area contributed by atoms with Gasteiger partial charge in [-0.05, 0) is 45.7 Å². The first-order chi connectivity index (χ1) is 14.1. The Morgan fingerprint density at radius 1 is 1.07 bits per heavy atom. The van der Waals surface area contributed by atoms with E-state index < -0.39 is 30.1 Å². The molecule has 0 aliphatic rings. The van der Waals surface area contributed by atoms with Gasteiger partial charge in [0.1, 0.15) is 16.3 Å². The summed E-state index contributed by atoms with van der Waals surface area (Å²) in [5.41, 5.74) is 0.311. The average molecular weight is 435 g/mol. The second-order valence-electron chi connectivity index (χ2n) is 6.34. The maximum Gasteiger partial charge on any atom is 0.342 e. The van der Waals surface area contributed by atoms with E-state index >= 15 is 0 Å². The predicted molar refractivity (Wildman–Crippen MR) is 108 cm³/mol. The minimum absolute atomic E-state index is 0.0560. The highest BCUT2D eigenvalue weighted by Gasteiger charge is 2.26. The molecule has 1 amide bonds. The number of anilines is 1. The van der Waals surface area contributed by atoms with Gasteiger partial charge in [-0.3, -0.25) is 9.59 Å². The minimum Gasteiger partial charge on any atom is -0.462 e. The number of esters is 2. The summed E-state index contributed by atoms with van der Waals surface area (Å²) < 4.78 is 14.9. The number of rotatable bonds is 7. The van der Waals surface area contributed by atoms with Crippen LogP contribution in [0.1, 0.15) is 61.1 Å². The zero-order valence-electron chi connectivity index (χ0n) is 17.2. The summed E-state index contributed by atoms with van der Waals surface area (Å²) in [6, 6.07) is 1.15. The number of carbonyl (C=O) groups excluding carboxylic acids is 4. The third-order valence-corrected chi connectivity index (χ3v) is 5.38. The van der Waals surface area contributed by atoms with Gasteiger partial charge in [-0.1, -0.05) is 0 Å². The average Bonchev–Trinajstić information content (AvgIpc) is 2.95. The van der Waals surface area contributed by atoms with Gasteiger partial charge in [0.05, 0.1) is 17.0 Å². The lowest BCUT2D eigenvalue weighted by molar-refractivity contribution is -0.119. The molecule has 0 unspecified atom stereocenters. The number of Topliss-reactive ketones (excluding diaryl/α,β-unsaturated/α-hetero) is 1. The van der Waals surface area contributed by atoms with Gasteiger partial charge in [-0.15, -0.1) is 11.3 Å². The van der Waals surface area contributed by atoms with Crippen LogP contribution in [0.25, 0.3) is 0 Å². The maximum atomic E-state index is 12.3. The predicted octanol–water partition coefficient (Wildman–Crippen LogP) is 2.80. The minimum atomic E-state index is -0.832. The van der Waals surface area contributed by atoms with E-state index in [0.717, 1.165) is 17.4 Å². The van der Waals surface area contributed by atoms with Crippen molar-refractivity contribution in [2.24, 2.45) is 0 Å². The van der Waals surface area contributed by atoms with Crippen molar-refractivity contribution in [3.63, 3.8) is 0 Å². The first-order valence-electron chi connectivity index (χ1n) is 8.96. The number of hydrogen-bond acceptors (Lipinski definition) is 9. The first-order valence-corrected chi connectivity index (χ1v) is 9.78. The third-order valence-electron chi connectivity index (χ3n) is 4.07. The number of ketones is 1. The normalized spacial score (nSPS) is 10.4. The number of nitrogens with one attached hydrogen (secondary N) is 1. The largest absolute Gasteiger partial charge is 0.462 e. The summed E-state index contributed by atoms with van der Waals surface area (Å²) >= 11 is 0.941. The van der Waals surface area contributed by atoms with E-state index in [0.29, 0.717) is 16.0 Å². The van der Waals surface area contributed by atoms with Crippen LogP contribution in [0.3, 0.4) is 0 Å². The van der Waals surface area contributed by atoms with Crippen LogP contribution in [0, 0.1) is 20.8 Å². The Bertz CT molecular complexity index is 1050. The quantitative estimate of drug-likeness (QED) is 0.519. The highest BCUT2D eigenvalue weighted by atomic mass is 32.1. The molecule has 10 heteroatoms. The third kappa shape index (κ3) is 5.01. The number of amides is 1. The summed E-state index contributed by atoms with van der Waals surface area (Å²) in [5.74, 6) is -2.39. The highest BCUT2D eigenvalue weighted by molar-refractivity contribution is 7.18. The number of ether oxygens (including phenoxy) is 2. The van der Waals surface area contributed by atoms with E-state index in [-0.39, 0.29) is 34.3 Å². The fourth-order valence-corrected chi connectivity index (χ4v) is 3.92. The Morgan fingerprint density at radius 3 is 2.27 bits per heavy atom. The van der Waals surface area contributed by atoms with Crippen molar-refractivity contribution in [1.82, 2.24) is 0 Å². The monoisotopic (exact) mass is 435 g/mol. The van der Waals surface area contributed by atoms with Crippen LogP contribution in [0.4, 0.5) is 5.00 Å². The molecule has 0 radical (unpaired) electrons. The molecular weight excluding hydrogens is 414 g/mol. The second kappa shape index (κ2) is 9.49. The van der Waals surface area contributed by atoms with E-state index in [1.807, 2.05) is 0 Å². The number of hydrogen-bond donors (Lipinski definition) is 1. The molecule has 2 aromatic heterocycles. The number of aryl methyl sites for hydroxylation is 2. The van der Waals surface area contributed by atoms with Crippen molar-refractivity contribution < 1.29 is 33.1 Å². The summed E-state index contributed by atoms with van der Waals surface area (Å²) in [7, 11) is 0. The second-order valence-corrected chi connectivity index (χ2v) is 7.36. The molecule has 9 nitrogen and oxygen atoms in total. The Morgan fingerprint density at radius 2 is 1.70 bits per heavy atom. The van der Waals surface area contributed by atoms with Crippen molar-refractivity contribution in [3.8, 4) is 0 Å². The fraction of sp³-hybridized carbons (Fsp3) is 0.350. The van der Waals surface area contributed by atoms with Gasteiger partial charge < -0.3 is 19.2 Å². The summed E-state index contributed by atoms with van der Waals surface area (Å²) in [6.07, 6.45) is 0. The van der Waals surface area contributed by atoms with Gasteiger partial charge >= 0.3 is 17.6 Å². The molecule has 30 heavy (non-hydrogen) atoms. The van der Waals surface area contributed by atoms with E-state index in [2.05, 4.69) is 5.32 Å². The van der Waals surface area contributed by atoms with Crippen molar-refractivity contribution in [3.05, 3.63) is 49.4 Å². The van der Waals surface area contributed by atoms with E-state index in [4.69, 9.17) is 13.9 Å². The molecular formula is C20H21NO8S. The summed E-state index contributed by atoms with van der Waals surface area (Å²) in [5, 5.41) is 2.62. The summed E-state index contributed by atoms with van der Waals surface area (Å²) in [6.45, 7) is 7.04. The van der Waals surface area contributed by atoms with Crippen LogP contribution < -0.4 is 10.9 Å². The van der Waals surface area contributed by atoms with Gasteiger partial charge in [0.25, 0.3) is 5.91 Å². The fourth-order valence-electron chi connectivity index (χ4n) is 2.82. The van der Waals surface area contributed by atoms with E-state index in [1.54, 1.807) is 20.8 Å². The molecule has 0 aromatic carbocycles. The van der Waals surface area contributed by atoms with E-state index in [1.165, 1.54) is 13.8 Å². The van der Waals surface area contributed by atoms with Gasteiger partial charge in [-0.25, -0.2) is 14.4 Å². The molecule has 0 saturated carbocycles. The molecule has 0 aliphatic heterocycles. The van der Waals surface area contributed by atoms with Crippen LogP contribution >= 0.6 is 11.3 Å². The van der Waals surface area contributed by atoms with Crippen LogP contribution in [-0.2, 0) is 14.3 Å². The van der Waals surface area contributed by atoms with Gasteiger partial charge in [0, 0.05) is 6.07 Å². The topological polar surface area (TPSA) is 129 Å². The van der Waals surface area contributed by atoms with Crippen LogP contribution in [0.5, 0.6) is 0 Å². The lowest BCUT2D eigenvalue weighted by Crippen LogP contribution is -2.23. The van der Waals surface area contributed by atoms with Crippen molar-refractivity contribution in [2.75, 3.05) is 18.5 Å². The standard InChI is InChI=1S/C20H21NO8S/c1-6-27-20(26)16-10(3)17(11(4)22)30-18(16)21-13(23)8-28-19(25)15-9(2)7-14(24)29-12(15)5/h7H,6,8H2,1-5H3,(H,21,23). The Labute approximate surface area is 176 Å². The Hall–Kier alpha value is -3.27. The molecule has 0 spiro atoms. The smallest absolute Gasteiger partial charge is 0.342 e. The first kappa shape index (κ1) is 23.0. The lowest BCUT2D eigenvalue weighted by Gasteiger charge is -2.09. The molecule has 2 rings (SSSR count). The molecule has 2 aromatic rings. The molecule has 0 fully saturated rings. The summed E-state index contributed by atoms with van der Waals surface area (Å²) in [4.78, 5) is 60.3. The molecule has 160 valence electrons. The Balaban J connectivity index is 2.18. The highest BCUT2D eigenvalue weighted by Crippen LogP contribution is 2.34. The lowest BCUT2D eigenvalue weighted by atomic mass is 10.1. The molecule has 2 heterocycles.